The fraction of sp³-hybridized carbons (Fsp3) is 0.195. The van der Waals surface area contributed by atoms with E-state index in [9.17, 15) is 9.59 Å². The van der Waals surface area contributed by atoms with Gasteiger partial charge in [-0.3, -0.25) is 9.36 Å². The number of thiazole rings is 1. The largest absolute Gasteiger partial charge is 0.463 e. The number of halogens is 1. The van der Waals surface area contributed by atoms with Crippen molar-refractivity contribution in [2.45, 2.75) is 46.2 Å². The third kappa shape index (κ3) is 5.98. The fourth-order valence-corrected chi connectivity index (χ4v) is 7.77. The van der Waals surface area contributed by atoms with Crippen LogP contribution in [0.1, 0.15) is 66.2 Å². The zero-order chi connectivity index (χ0) is 34.2. The average Bonchev–Trinajstić information content (AvgIpc) is 3.57. The summed E-state index contributed by atoms with van der Waals surface area (Å²) in [6.45, 7) is 8.94. The number of ether oxygens (including phenoxy) is 1. The minimum absolute atomic E-state index is 0.200. The van der Waals surface area contributed by atoms with Crippen LogP contribution < -0.4 is 14.9 Å². The molecule has 246 valence electrons. The van der Waals surface area contributed by atoms with E-state index in [1.54, 1.807) is 11.5 Å². The van der Waals surface area contributed by atoms with Crippen LogP contribution in [-0.2, 0) is 16.1 Å². The van der Waals surface area contributed by atoms with E-state index in [0.717, 1.165) is 38.9 Å². The van der Waals surface area contributed by atoms with Crippen molar-refractivity contribution >= 4 is 51.6 Å². The monoisotopic (exact) mass is 685 g/mol. The van der Waals surface area contributed by atoms with E-state index >= 15 is 0 Å². The van der Waals surface area contributed by atoms with E-state index in [4.69, 9.17) is 21.3 Å². The molecule has 0 saturated carbocycles. The highest BCUT2D eigenvalue weighted by Crippen LogP contribution is 2.36. The molecule has 0 unspecified atom stereocenters. The van der Waals surface area contributed by atoms with Crippen molar-refractivity contribution in [3.63, 3.8) is 0 Å². The Bertz CT molecular complexity index is 2420. The van der Waals surface area contributed by atoms with Crippen molar-refractivity contribution in [3.8, 4) is 0 Å². The number of benzene rings is 4. The minimum atomic E-state index is -0.725. The number of para-hydroxylation sites is 1. The van der Waals surface area contributed by atoms with E-state index in [0.29, 0.717) is 38.1 Å². The fourth-order valence-electron chi connectivity index (χ4n) is 6.59. The van der Waals surface area contributed by atoms with Crippen LogP contribution in [0.3, 0.4) is 0 Å². The molecule has 3 heterocycles. The van der Waals surface area contributed by atoms with Gasteiger partial charge in [-0.25, -0.2) is 9.79 Å². The molecule has 6 nitrogen and oxygen atoms in total. The molecule has 2 aromatic heterocycles. The van der Waals surface area contributed by atoms with Crippen molar-refractivity contribution in [2.75, 3.05) is 6.61 Å². The van der Waals surface area contributed by atoms with E-state index in [1.807, 2.05) is 84.9 Å². The molecule has 0 N–H and O–H groups in total. The van der Waals surface area contributed by atoms with Gasteiger partial charge in [-0.1, -0.05) is 128 Å². The second-order valence-electron chi connectivity index (χ2n) is 12.4. The summed E-state index contributed by atoms with van der Waals surface area (Å²) in [5, 5.41) is 1.75. The number of hydrogen-bond donors (Lipinski definition) is 0. The molecule has 1 aliphatic rings. The van der Waals surface area contributed by atoms with Gasteiger partial charge in [0.1, 0.15) is 0 Å². The van der Waals surface area contributed by atoms with Gasteiger partial charge in [0, 0.05) is 39.3 Å². The lowest BCUT2D eigenvalue weighted by atomic mass is 9.91. The SMILES string of the molecule is CCOC(=O)C1=C(c2ccccc2)N=c2s/c(=C\c3c(C)n(Cc4ccccc4Cl)c4ccccc34)c(=O)n2[C@H]1c1ccc(C(C)C)cc1. The summed E-state index contributed by atoms with van der Waals surface area (Å²) in [7, 11) is 0. The molecular weight excluding hydrogens is 650 g/mol. The normalized spacial score (nSPS) is 14.7. The van der Waals surface area contributed by atoms with Gasteiger partial charge in [-0.05, 0) is 54.7 Å². The topological polar surface area (TPSA) is 65.6 Å². The van der Waals surface area contributed by atoms with Crippen LogP contribution in [-0.4, -0.2) is 21.7 Å². The van der Waals surface area contributed by atoms with Gasteiger partial charge >= 0.3 is 5.97 Å². The number of hydrogen-bond acceptors (Lipinski definition) is 5. The second-order valence-corrected chi connectivity index (χ2v) is 13.9. The first-order valence-electron chi connectivity index (χ1n) is 16.5. The Morgan fingerprint density at radius 3 is 2.37 bits per heavy atom. The number of esters is 1. The quantitative estimate of drug-likeness (QED) is 0.153. The molecule has 0 radical (unpaired) electrons. The molecule has 4 aromatic carbocycles. The molecule has 0 aliphatic carbocycles. The van der Waals surface area contributed by atoms with Crippen molar-refractivity contribution in [1.82, 2.24) is 9.13 Å². The van der Waals surface area contributed by atoms with Gasteiger partial charge in [0.25, 0.3) is 5.56 Å². The van der Waals surface area contributed by atoms with E-state index in [1.165, 1.54) is 16.9 Å². The lowest BCUT2D eigenvalue weighted by Crippen LogP contribution is -2.40. The zero-order valence-electron chi connectivity index (χ0n) is 27.8. The maximum Gasteiger partial charge on any atom is 0.338 e. The van der Waals surface area contributed by atoms with Crippen LogP contribution in [0.2, 0.25) is 5.02 Å². The Labute approximate surface area is 293 Å². The van der Waals surface area contributed by atoms with Gasteiger partial charge in [0.15, 0.2) is 4.80 Å². The van der Waals surface area contributed by atoms with Crippen molar-refractivity contribution < 1.29 is 9.53 Å². The lowest BCUT2D eigenvalue weighted by Gasteiger charge is -2.26. The van der Waals surface area contributed by atoms with Crippen LogP contribution >= 0.6 is 22.9 Å². The molecule has 0 spiro atoms. The molecule has 49 heavy (non-hydrogen) atoms. The molecule has 0 fully saturated rings. The van der Waals surface area contributed by atoms with Crippen molar-refractivity contribution in [3.05, 3.63) is 167 Å². The first kappa shape index (κ1) is 32.6. The smallest absolute Gasteiger partial charge is 0.338 e. The van der Waals surface area contributed by atoms with E-state index in [-0.39, 0.29) is 12.2 Å². The lowest BCUT2D eigenvalue weighted by molar-refractivity contribution is -0.138. The summed E-state index contributed by atoms with van der Waals surface area (Å²) in [5.74, 6) is -0.157. The molecule has 8 heteroatoms. The first-order chi connectivity index (χ1) is 23.8. The standard InChI is InChI=1S/C41H36ClN3O3S/c1-5-48-40(47)36-37(28-13-7-6-8-14-28)43-41-45(38(36)29-21-19-27(20-22-29)25(2)3)39(46)35(49-41)23-32-26(4)44(34-18-12-10-16-31(32)34)24-30-15-9-11-17-33(30)42/h6-23,25,38H,5,24H2,1-4H3/b35-23-/t38-/m0/s1. The van der Waals surface area contributed by atoms with Gasteiger partial charge < -0.3 is 9.30 Å². The zero-order valence-corrected chi connectivity index (χ0v) is 29.4. The second kappa shape index (κ2) is 13.5. The highest BCUT2D eigenvalue weighted by molar-refractivity contribution is 7.07. The van der Waals surface area contributed by atoms with Crippen molar-refractivity contribution in [1.29, 1.82) is 0 Å². The van der Waals surface area contributed by atoms with Crippen LogP contribution in [0.4, 0.5) is 0 Å². The van der Waals surface area contributed by atoms with E-state index < -0.39 is 12.0 Å². The van der Waals surface area contributed by atoms with Gasteiger partial charge in [-0.2, -0.15) is 0 Å². The molecule has 0 bridgehead atoms. The number of rotatable bonds is 8. The first-order valence-corrected chi connectivity index (χ1v) is 17.7. The number of carbonyl (C=O) groups is 1. The van der Waals surface area contributed by atoms with Crippen LogP contribution in [0, 0.1) is 6.92 Å². The van der Waals surface area contributed by atoms with Gasteiger partial charge in [0.05, 0.1) is 28.5 Å². The summed E-state index contributed by atoms with van der Waals surface area (Å²) in [6.07, 6.45) is 1.97. The number of aromatic nitrogens is 2. The van der Waals surface area contributed by atoms with Gasteiger partial charge in [0.2, 0.25) is 0 Å². The van der Waals surface area contributed by atoms with E-state index in [2.05, 4.69) is 49.6 Å². The van der Waals surface area contributed by atoms with Crippen LogP contribution in [0.5, 0.6) is 0 Å². The van der Waals surface area contributed by atoms with Crippen LogP contribution in [0.15, 0.2) is 118 Å². The molecule has 1 atom stereocenters. The summed E-state index contributed by atoms with van der Waals surface area (Å²) >= 11 is 7.91. The third-order valence-electron chi connectivity index (χ3n) is 9.13. The Morgan fingerprint density at radius 1 is 0.959 bits per heavy atom. The highest BCUT2D eigenvalue weighted by Gasteiger charge is 2.35. The maximum absolute atomic E-state index is 14.6. The molecule has 0 amide bonds. The Morgan fingerprint density at radius 2 is 1.65 bits per heavy atom. The number of nitrogens with zero attached hydrogens (tertiary/aromatic N) is 3. The molecular formula is C41H36ClN3O3S. The molecule has 7 rings (SSSR count). The summed E-state index contributed by atoms with van der Waals surface area (Å²) < 4.78 is 10.1. The number of carbonyl (C=O) groups excluding carboxylic acids is 1. The summed E-state index contributed by atoms with van der Waals surface area (Å²) in [5.41, 5.74) is 7.46. The molecule has 1 aliphatic heterocycles. The third-order valence-corrected chi connectivity index (χ3v) is 10.5. The average molecular weight is 686 g/mol. The number of fused-ring (bicyclic) bond motifs is 2. The van der Waals surface area contributed by atoms with Crippen molar-refractivity contribution in [2.24, 2.45) is 4.99 Å². The molecule has 0 saturated heterocycles. The Kier molecular flexibility index (Phi) is 8.97. The van der Waals surface area contributed by atoms with Gasteiger partial charge in [-0.15, -0.1) is 0 Å². The highest BCUT2D eigenvalue weighted by atomic mass is 35.5. The molecule has 6 aromatic rings. The maximum atomic E-state index is 14.6. The Balaban J connectivity index is 1.47. The van der Waals surface area contributed by atoms with Crippen LogP contribution in [0.25, 0.3) is 22.7 Å². The minimum Gasteiger partial charge on any atom is -0.463 e. The Hall–Kier alpha value is -4.98. The predicted molar refractivity (Wildman–Crippen MR) is 199 cm³/mol. The summed E-state index contributed by atoms with van der Waals surface area (Å²) in [6, 6.07) is 33.1. The summed E-state index contributed by atoms with van der Waals surface area (Å²) in [4.78, 5) is 34.0. The predicted octanol–water partition coefficient (Wildman–Crippen LogP) is 8.02.